The fraction of sp³-hybridized carbons (Fsp3) is 0.778. The van der Waals surface area contributed by atoms with E-state index in [-0.39, 0.29) is 24.6 Å². The molecule has 9 heteroatoms. The van der Waals surface area contributed by atoms with Crippen LogP contribution in [0.2, 0.25) is 0 Å². The van der Waals surface area contributed by atoms with Crippen LogP contribution < -0.4 is 5.32 Å². The number of carboxylic acid groups (broad SMARTS) is 1. The Morgan fingerprint density at radius 2 is 1.94 bits per heavy atom. The van der Waals surface area contributed by atoms with Gasteiger partial charge in [-0.25, -0.2) is 18.0 Å². The van der Waals surface area contributed by atoms with Crippen molar-refractivity contribution in [2.75, 3.05) is 31.2 Å². The summed E-state index contributed by atoms with van der Waals surface area (Å²) in [5.74, 6) is -1.44. The minimum atomic E-state index is -3.12. The molecule has 1 saturated heterocycles. The van der Waals surface area contributed by atoms with Gasteiger partial charge in [0.25, 0.3) is 0 Å². The lowest BCUT2D eigenvalue weighted by molar-refractivity contribution is -0.140. The first-order chi connectivity index (χ1) is 8.35. The summed E-state index contributed by atoms with van der Waals surface area (Å²) in [4.78, 5) is 23.6. The number of hydrogen-bond donors (Lipinski definition) is 3. The van der Waals surface area contributed by atoms with Crippen molar-refractivity contribution < 1.29 is 28.2 Å². The van der Waals surface area contributed by atoms with Crippen molar-refractivity contribution >= 4 is 21.8 Å². The summed E-state index contributed by atoms with van der Waals surface area (Å²) in [7, 11) is -3.12. The van der Waals surface area contributed by atoms with Crippen LogP contribution >= 0.6 is 0 Å². The largest absolute Gasteiger partial charge is 0.480 e. The van der Waals surface area contributed by atoms with Crippen LogP contribution in [0, 0.1) is 0 Å². The molecule has 1 atom stereocenters. The number of urea groups is 1. The zero-order valence-corrected chi connectivity index (χ0v) is 10.5. The van der Waals surface area contributed by atoms with Crippen LogP contribution in [0.5, 0.6) is 0 Å². The van der Waals surface area contributed by atoms with Gasteiger partial charge in [-0.1, -0.05) is 0 Å². The molecule has 0 aliphatic carbocycles. The number of nitrogens with zero attached hydrogens (tertiary/aromatic N) is 1. The molecule has 1 aliphatic heterocycles. The maximum Gasteiger partial charge on any atom is 0.328 e. The molecule has 0 bridgehead atoms. The molecule has 8 nitrogen and oxygen atoms in total. The first kappa shape index (κ1) is 14.7. The summed E-state index contributed by atoms with van der Waals surface area (Å²) in [6.07, 6.45) is 0.326. The Labute approximate surface area is 104 Å². The number of rotatable bonds is 3. The van der Waals surface area contributed by atoms with Gasteiger partial charge >= 0.3 is 12.0 Å². The highest BCUT2D eigenvalue weighted by molar-refractivity contribution is 7.91. The van der Waals surface area contributed by atoms with Crippen molar-refractivity contribution in [2.45, 2.75) is 12.5 Å². The summed E-state index contributed by atoms with van der Waals surface area (Å²) in [6.45, 7) is -0.429. The zero-order chi connectivity index (χ0) is 13.8. The number of amides is 2. The molecule has 0 aromatic heterocycles. The van der Waals surface area contributed by atoms with Gasteiger partial charge in [0.15, 0.2) is 15.9 Å². The van der Waals surface area contributed by atoms with Crippen LogP contribution in [0.3, 0.4) is 0 Å². The number of carbonyl (C=O) groups is 2. The van der Waals surface area contributed by atoms with E-state index in [0.717, 1.165) is 0 Å². The monoisotopic (exact) mass is 280 g/mol. The van der Waals surface area contributed by atoms with E-state index in [4.69, 9.17) is 10.2 Å². The van der Waals surface area contributed by atoms with Gasteiger partial charge < -0.3 is 20.4 Å². The van der Waals surface area contributed by atoms with E-state index in [1.807, 2.05) is 0 Å². The Morgan fingerprint density at radius 1 is 1.28 bits per heavy atom. The maximum absolute atomic E-state index is 11.7. The van der Waals surface area contributed by atoms with Gasteiger partial charge in [-0.3, -0.25) is 0 Å². The highest BCUT2D eigenvalue weighted by Gasteiger charge is 2.25. The van der Waals surface area contributed by atoms with Gasteiger partial charge in [0.1, 0.15) is 0 Å². The predicted molar refractivity (Wildman–Crippen MR) is 61.9 cm³/mol. The molecule has 0 spiro atoms. The SMILES string of the molecule is O=C(O)C(CO)NC(=O)N1CCCS(=O)(=O)CC1. The first-order valence-electron chi connectivity index (χ1n) is 5.45. The van der Waals surface area contributed by atoms with Crippen LogP contribution in [0.4, 0.5) is 4.79 Å². The molecule has 18 heavy (non-hydrogen) atoms. The van der Waals surface area contributed by atoms with Gasteiger partial charge in [0.05, 0.1) is 18.1 Å². The van der Waals surface area contributed by atoms with Gasteiger partial charge in [-0.2, -0.15) is 0 Å². The minimum absolute atomic E-state index is 0.0269. The van der Waals surface area contributed by atoms with Crippen molar-refractivity contribution in [1.29, 1.82) is 0 Å². The van der Waals surface area contributed by atoms with Crippen molar-refractivity contribution in [1.82, 2.24) is 10.2 Å². The third kappa shape index (κ3) is 4.15. The average Bonchev–Trinajstić information content (AvgIpc) is 2.46. The van der Waals surface area contributed by atoms with E-state index < -0.39 is 34.5 Å². The van der Waals surface area contributed by atoms with E-state index in [2.05, 4.69) is 5.32 Å². The number of nitrogens with one attached hydrogen (secondary N) is 1. The van der Waals surface area contributed by atoms with E-state index >= 15 is 0 Å². The number of hydrogen-bond acceptors (Lipinski definition) is 5. The summed E-state index contributed by atoms with van der Waals surface area (Å²) in [6, 6.07) is -2.05. The normalized spacial score (nSPS) is 20.8. The molecular formula is C9H16N2O6S. The topological polar surface area (TPSA) is 124 Å². The number of sulfone groups is 1. The zero-order valence-electron chi connectivity index (χ0n) is 9.70. The second-order valence-corrected chi connectivity index (χ2v) is 6.32. The highest BCUT2D eigenvalue weighted by atomic mass is 32.2. The molecule has 1 rings (SSSR count). The Bertz CT molecular complexity index is 421. The van der Waals surface area contributed by atoms with E-state index in [1.54, 1.807) is 0 Å². The van der Waals surface area contributed by atoms with Gasteiger partial charge in [0, 0.05) is 13.1 Å². The molecule has 0 saturated carbocycles. The van der Waals surface area contributed by atoms with Crippen LogP contribution in [-0.4, -0.2) is 72.8 Å². The maximum atomic E-state index is 11.7. The predicted octanol–water partition coefficient (Wildman–Crippen LogP) is -1.74. The molecule has 1 heterocycles. The van der Waals surface area contributed by atoms with Crippen molar-refractivity contribution in [3.8, 4) is 0 Å². The second-order valence-electron chi connectivity index (χ2n) is 4.02. The van der Waals surface area contributed by atoms with Crippen molar-refractivity contribution in [3.05, 3.63) is 0 Å². The molecule has 104 valence electrons. The quantitative estimate of drug-likeness (QED) is 0.564. The lowest BCUT2D eigenvalue weighted by Crippen LogP contribution is -2.50. The lowest BCUT2D eigenvalue weighted by atomic mass is 10.3. The Balaban J connectivity index is 2.59. The van der Waals surface area contributed by atoms with Crippen molar-refractivity contribution in [2.24, 2.45) is 0 Å². The molecule has 0 aromatic rings. The van der Waals surface area contributed by atoms with Gasteiger partial charge in [0.2, 0.25) is 0 Å². The van der Waals surface area contributed by atoms with Crippen molar-refractivity contribution in [3.63, 3.8) is 0 Å². The van der Waals surface area contributed by atoms with Crippen LogP contribution in [0.1, 0.15) is 6.42 Å². The molecular weight excluding hydrogens is 264 g/mol. The Hall–Kier alpha value is -1.35. The third-order valence-corrected chi connectivity index (χ3v) is 4.34. The standard InChI is InChI=1S/C9H16N2O6S/c12-6-7(8(13)14)10-9(15)11-2-1-4-18(16,17)5-3-11/h7,12H,1-6H2,(H,10,15)(H,13,14). The number of aliphatic hydroxyl groups is 1. The second kappa shape index (κ2) is 6.01. The molecule has 1 fully saturated rings. The first-order valence-corrected chi connectivity index (χ1v) is 7.27. The summed E-state index contributed by atoms with van der Waals surface area (Å²) in [5, 5.41) is 19.6. The molecule has 2 amide bonds. The smallest absolute Gasteiger partial charge is 0.328 e. The number of aliphatic carboxylic acids is 1. The fourth-order valence-electron chi connectivity index (χ4n) is 1.57. The fourth-order valence-corrected chi connectivity index (χ4v) is 2.84. The molecule has 3 N–H and O–H groups in total. The molecule has 1 unspecified atom stereocenters. The number of carboxylic acids is 1. The average molecular weight is 280 g/mol. The molecule has 1 aliphatic rings. The Morgan fingerprint density at radius 3 is 2.50 bits per heavy atom. The highest BCUT2D eigenvalue weighted by Crippen LogP contribution is 2.05. The van der Waals surface area contributed by atoms with Crippen LogP contribution in [-0.2, 0) is 14.6 Å². The summed E-state index contributed by atoms with van der Waals surface area (Å²) < 4.78 is 22.7. The van der Waals surface area contributed by atoms with E-state index in [9.17, 15) is 18.0 Å². The molecule has 0 radical (unpaired) electrons. The van der Waals surface area contributed by atoms with Gasteiger partial charge in [-0.15, -0.1) is 0 Å². The van der Waals surface area contributed by atoms with Crippen LogP contribution in [0.25, 0.3) is 0 Å². The minimum Gasteiger partial charge on any atom is -0.480 e. The lowest BCUT2D eigenvalue weighted by Gasteiger charge is -2.22. The van der Waals surface area contributed by atoms with Crippen LogP contribution in [0.15, 0.2) is 0 Å². The van der Waals surface area contributed by atoms with E-state index in [1.165, 1.54) is 4.90 Å². The summed E-state index contributed by atoms with van der Waals surface area (Å²) in [5.41, 5.74) is 0. The van der Waals surface area contributed by atoms with E-state index in [0.29, 0.717) is 6.42 Å². The number of aliphatic hydroxyl groups excluding tert-OH is 1. The molecule has 0 aromatic carbocycles. The third-order valence-electron chi connectivity index (χ3n) is 2.62. The Kier molecular flexibility index (Phi) is 4.91. The van der Waals surface area contributed by atoms with Gasteiger partial charge in [-0.05, 0) is 6.42 Å². The number of carbonyl (C=O) groups excluding carboxylic acids is 1. The summed E-state index contributed by atoms with van der Waals surface area (Å²) >= 11 is 0.